The number of rotatable bonds is 7. The smallest absolute Gasteiger partial charge is 0.347 e. The number of cyclic esters (lactones) is 2. The van der Waals surface area contributed by atoms with E-state index in [4.69, 9.17) is 4.43 Å². The molecule has 0 bridgehead atoms. The van der Waals surface area contributed by atoms with E-state index in [1.54, 1.807) is 6.07 Å². The zero-order valence-corrected chi connectivity index (χ0v) is 13.9. The molecular weight excluding hydrogens is 284 g/mol. The van der Waals surface area contributed by atoms with Gasteiger partial charge in [0.2, 0.25) is 0 Å². The van der Waals surface area contributed by atoms with Gasteiger partial charge in [-0.25, -0.2) is 9.59 Å². The monoisotopic (exact) mass is 306 g/mol. The number of esters is 2. The van der Waals surface area contributed by atoms with Gasteiger partial charge in [0, 0.05) is 7.11 Å². The minimum atomic E-state index is -1.61. The lowest BCUT2D eigenvalue weighted by molar-refractivity contribution is 0.0443. The highest BCUT2D eigenvalue weighted by atomic mass is 28.4. The molecule has 1 aliphatic rings. The second kappa shape index (κ2) is 6.53. The van der Waals surface area contributed by atoms with Crippen LogP contribution < -0.4 is 0 Å². The van der Waals surface area contributed by atoms with Crippen LogP contribution in [-0.4, -0.2) is 27.4 Å². The van der Waals surface area contributed by atoms with Crippen molar-refractivity contribution in [2.45, 2.75) is 44.8 Å². The fourth-order valence-corrected chi connectivity index (χ4v) is 5.81. The first kappa shape index (κ1) is 15.9. The third-order valence-electron chi connectivity index (χ3n) is 4.56. The van der Waals surface area contributed by atoms with Gasteiger partial charge in [-0.05, 0) is 42.6 Å². The van der Waals surface area contributed by atoms with Crippen LogP contribution >= 0.6 is 0 Å². The Kier molecular flexibility index (Phi) is 4.95. The van der Waals surface area contributed by atoms with Gasteiger partial charge in [-0.2, -0.15) is 0 Å². The molecular formula is C16H22O4Si. The summed E-state index contributed by atoms with van der Waals surface area (Å²) in [6.45, 7) is 4.38. The second-order valence-electron chi connectivity index (χ2n) is 5.46. The maximum Gasteiger partial charge on any atom is 0.347 e. The summed E-state index contributed by atoms with van der Waals surface area (Å²) < 4.78 is 10.5. The predicted octanol–water partition coefficient (Wildman–Crippen LogP) is 3.56. The van der Waals surface area contributed by atoms with Crippen LogP contribution in [0.3, 0.4) is 0 Å². The predicted molar refractivity (Wildman–Crippen MR) is 83.0 cm³/mol. The molecule has 21 heavy (non-hydrogen) atoms. The van der Waals surface area contributed by atoms with E-state index in [0.717, 1.165) is 36.5 Å². The SMILES string of the molecule is CC[Si](CC)(CCCc1cccc2c1C(=O)OC2=O)OC. The molecule has 0 spiro atoms. The maximum absolute atomic E-state index is 11.8. The highest BCUT2D eigenvalue weighted by Gasteiger charge is 2.32. The first-order valence-corrected chi connectivity index (χ1v) is 10.0. The number of fused-ring (bicyclic) bond motifs is 1. The van der Waals surface area contributed by atoms with Crippen LogP contribution in [0.5, 0.6) is 0 Å². The molecule has 0 aromatic heterocycles. The van der Waals surface area contributed by atoms with Crippen LogP contribution in [0.15, 0.2) is 18.2 Å². The van der Waals surface area contributed by atoms with Gasteiger partial charge in [-0.1, -0.05) is 26.0 Å². The topological polar surface area (TPSA) is 52.6 Å². The van der Waals surface area contributed by atoms with Gasteiger partial charge in [0.25, 0.3) is 0 Å². The van der Waals surface area contributed by atoms with Gasteiger partial charge < -0.3 is 9.16 Å². The van der Waals surface area contributed by atoms with E-state index in [1.165, 1.54) is 0 Å². The molecule has 1 aliphatic heterocycles. The highest BCUT2D eigenvalue weighted by molar-refractivity contribution is 6.73. The Hall–Kier alpha value is -1.46. The van der Waals surface area contributed by atoms with Crippen LogP contribution in [0.1, 0.15) is 46.5 Å². The van der Waals surface area contributed by atoms with Crippen molar-refractivity contribution in [1.82, 2.24) is 0 Å². The van der Waals surface area contributed by atoms with Crippen LogP contribution in [0.25, 0.3) is 0 Å². The number of hydrogen-bond donors (Lipinski definition) is 0. The van der Waals surface area contributed by atoms with E-state index in [-0.39, 0.29) is 0 Å². The summed E-state index contributed by atoms with van der Waals surface area (Å²) in [4.78, 5) is 23.3. The molecule has 0 amide bonds. The normalized spacial score (nSPS) is 14.2. The molecule has 0 unspecified atom stereocenters. The standard InChI is InChI=1S/C16H22O4Si/c1-4-21(5-2,19-3)11-7-9-12-8-6-10-13-14(12)16(18)20-15(13)17/h6,8,10H,4-5,7,9,11H2,1-3H3. The van der Waals surface area contributed by atoms with Crippen molar-refractivity contribution in [3.8, 4) is 0 Å². The molecule has 114 valence electrons. The Bertz CT molecular complexity index is 541. The van der Waals surface area contributed by atoms with Crippen molar-refractivity contribution in [3.63, 3.8) is 0 Å². The quantitative estimate of drug-likeness (QED) is 0.439. The molecule has 0 atom stereocenters. The first-order chi connectivity index (χ1) is 10.1. The number of carbonyl (C=O) groups is 2. The largest absolute Gasteiger partial charge is 0.420 e. The minimum absolute atomic E-state index is 0.402. The van der Waals surface area contributed by atoms with Crippen LogP contribution in [0.2, 0.25) is 18.1 Å². The van der Waals surface area contributed by atoms with Crippen molar-refractivity contribution in [2.75, 3.05) is 7.11 Å². The van der Waals surface area contributed by atoms with E-state index < -0.39 is 20.3 Å². The third kappa shape index (κ3) is 3.08. The number of carbonyl (C=O) groups excluding carboxylic acids is 2. The lowest BCUT2D eigenvalue weighted by Gasteiger charge is -2.27. The summed E-state index contributed by atoms with van der Waals surface area (Å²) in [5, 5.41) is 0. The maximum atomic E-state index is 11.8. The van der Waals surface area contributed by atoms with Gasteiger partial charge in [0.15, 0.2) is 8.32 Å². The van der Waals surface area contributed by atoms with Gasteiger partial charge in [0.05, 0.1) is 11.1 Å². The van der Waals surface area contributed by atoms with Crippen molar-refractivity contribution in [3.05, 3.63) is 34.9 Å². The molecule has 1 aromatic rings. The number of benzene rings is 1. The summed E-state index contributed by atoms with van der Waals surface area (Å²) >= 11 is 0. The van der Waals surface area contributed by atoms with Gasteiger partial charge >= 0.3 is 11.9 Å². The van der Waals surface area contributed by atoms with Crippen LogP contribution in [0, 0.1) is 0 Å². The van der Waals surface area contributed by atoms with E-state index in [0.29, 0.717) is 11.1 Å². The Balaban J connectivity index is 2.09. The molecule has 0 N–H and O–H groups in total. The van der Waals surface area contributed by atoms with E-state index in [2.05, 4.69) is 18.6 Å². The molecule has 0 saturated heterocycles. The number of ether oxygens (including phenoxy) is 1. The Morgan fingerprint density at radius 2 is 1.86 bits per heavy atom. The molecule has 0 fully saturated rings. The molecule has 1 heterocycles. The average Bonchev–Trinajstić information content (AvgIpc) is 2.80. The van der Waals surface area contributed by atoms with Crippen LogP contribution in [-0.2, 0) is 15.6 Å². The zero-order chi connectivity index (χ0) is 15.5. The fourth-order valence-electron chi connectivity index (χ4n) is 3.01. The molecule has 5 heteroatoms. The average molecular weight is 306 g/mol. The summed E-state index contributed by atoms with van der Waals surface area (Å²) in [6.07, 6.45) is 1.75. The Labute approximate surface area is 126 Å². The van der Waals surface area contributed by atoms with E-state index in [1.807, 2.05) is 19.2 Å². The first-order valence-electron chi connectivity index (χ1n) is 7.50. The molecule has 4 nitrogen and oxygen atoms in total. The van der Waals surface area contributed by atoms with E-state index >= 15 is 0 Å². The lowest BCUT2D eigenvalue weighted by atomic mass is 9.99. The number of hydrogen-bond acceptors (Lipinski definition) is 4. The molecule has 0 radical (unpaired) electrons. The van der Waals surface area contributed by atoms with Gasteiger partial charge in [-0.15, -0.1) is 0 Å². The van der Waals surface area contributed by atoms with E-state index in [9.17, 15) is 9.59 Å². The Morgan fingerprint density at radius 3 is 2.48 bits per heavy atom. The van der Waals surface area contributed by atoms with Gasteiger partial charge in [-0.3, -0.25) is 0 Å². The molecule has 0 aliphatic carbocycles. The fraction of sp³-hybridized carbons (Fsp3) is 0.500. The lowest BCUT2D eigenvalue weighted by Crippen LogP contribution is -2.35. The summed E-state index contributed by atoms with van der Waals surface area (Å²) in [5.41, 5.74) is 1.77. The second-order valence-corrected chi connectivity index (χ2v) is 10.2. The zero-order valence-electron chi connectivity index (χ0n) is 12.9. The van der Waals surface area contributed by atoms with Gasteiger partial charge in [0.1, 0.15) is 0 Å². The summed E-state index contributed by atoms with van der Waals surface area (Å²) in [5.74, 6) is -1.04. The third-order valence-corrected chi connectivity index (χ3v) is 9.27. The van der Waals surface area contributed by atoms with Crippen molar-refractivity contribution >= 4 is 20.3 Å². The molecule has 1 aromatic carbocycles. The van der Waals surface area contributed by atoms with Crippen molar-refractivity contribution in [2.24, 2.45) is 0 Å². The molecule has 2 rings (SSSR count). The summed E-state index contributed by atoms with van der Waals surface area (Å²) in [7, 11) is 0.205. The highest BCUT2D eigenvalue weighted by Crippen LogP contribution is 2.27. The summed E-state index contributed by atoms with van der Waals surface area (Å²) in [6, 6.07) is 8.66. The number of aryl methyl sites for hydroxylation is 1. The van der Waals surface area contributed by atoms with Crippen molar-refractivity contribution in [1.29, 1.82) is 0 Å². The van der Waals surface area contributed by atoms with Crippen molar-refractivity contribution < 1.29 is 18.8 Å². The van der Waals surface area contributed by atoms with Crippen LogP contribution in [0.4, 0.5) is 0 Å². The minimum Gasteiger partial charge on any atom is -0.420 e. The molecule has 0 saturated carbocycles. The Morgan fingerprint density at radius 1 is 1.14 bits per heavy atom.